The number of nitrogens with one attached hydrogen (secondary N) is 1. The molecule has 1 atom stereocenters. The number of hydrogen-bond acceptors (Lipinski definition) is 2. The molecule has 1 aromatic carbocycles. The third-order valence-electron chi connectivity index (χ3n) is 4.38. The van der Waals surface area contributed by atoms with Crippen LogP contribution in [-0.2, 0) is 6.54 Å². The monoisotopic (exact) mass is 308 g/mol. The van der Waals surface area contributed by atoms with Gasteiger partial charge in [-0.05, 0) is 56.4 Å². The highest BCUT2D eigenvalue weighted by Gasteiger charge is 2.22. The van der Waals surface area contributed by atoms with E-state index in [0.717, 1.165) is 24.2 Å². The van der Waals surface area contributed by atoms with E-state index in [1.54, 1.807) is 0 Å². The van der Waals surface area contributed by atoms with Gasteiger partial charge in [-0.2, -0.15) is 0 Å². The second-order valence-corrected chi connectivity index (χ2v) is 6.67. The lowest BCUT2D eigenvalue weighted by Gasteiger charge is -2.33. The first kappa shape index (κ1) is 16.6. The summed E-state index contributed by atoms with van der Waals surface area (Å²) in [4.78, 5) is 2.56. The molecule has 0 aromatic heterocycles. The summed E-state index contributed by atoms with van der Waals surface area (Å²) in [6, 6.07) is 7.66. The fraction of sp³-hybridized carbons (Fsp3) is 0.667. The summed E-state index contributed by atoms with van der Waals surface area (Å²) in [5.41, 5.74) is 2.70. The molecule has 1 unspecified atom stereocenters. The van der Waals surface area contributed by atoms with E-state index in [9.17, 15) is 0 Å². The maximum absolute atomic E-state index is 6.22. The lowest BCUT2D eigenvalue weighted by atomic mass is 10.1. The molecule has 0 radical (unpaired) electrons. The largest absolute Gasteiger partial charge is 0.369 e. The van der Waals surface area contributed by atoms with Crippen LogP contribution >= 0.6 is 11.6 Å². The minimum Gasteiger partial charge on any atom is -0.369 e. The van der Waals surface area contributed by atoms with Gasteiger partial charge in [0.25, 0.3) is 0 Å². The quantitative estimate of drug-likeness (QED) is 0.691. The third-order valence-corrected chi connectivity index (χ3v) is 4.62. The van der Waals surface area contributed by atoms with Crippen molar-refractivity contribution in [1.82, 2.24) is 5.32 Å². The zero-order chi connectivity index (χ0) is 15.2. The molecule has 0 aliphatic heterocycles. The molecule has 21 heavy (non-hydrogen) atoms. The molecule has 0 saturated heterocycles. The zero-order valence-corrected chi connectivity index (χ0v) is 14.4. The van der Waals surface area contributed by atoms with Gasteiger partial charge in [0.15, 0.2) is 0 Å². The van der Waals surface area contributed by atoms with Crippen LogP contribution in [0.4, 0.5) is 5.69 Å². The van der Waals surface area contributed by atoms with Crippen LogP contribution in [0, 0.1) is 0 Å². The van der Waals surface area contributed by atoms with E-state index in [2.05, 4.69) is 43.1 Å². The van der Waals surface area contributed by atoms with Crippen LogP contribution in [0.3, 0.4) is 0 Å². The van der Waals surface area contributed by atoms with Crippen molar-refractivity contribution in [3.63, 3.8) is 0 Å². The first-order chi connectivity index (χ1) is 10.2. The molecule has 1 aliphatic rings. The summed E-state index contributed by atoms with van der Waals surface area (Å²) in [6.07, 6.45) is 6.28. The number of rotatable bonds is 9. The van der Waals surface area contributed by atoms with Crippen molar-refractivity contribution in [2.45, 2.75) is 71.5 Å². The Morgan fingerprint density at radius 1 is 1.33 bits per heavy atom. The van der Waals surface area contributed by atoms with Crippen LogP contribution < -0.4 is 10.2 Å². The first-order valence-electron chi connectivity index (χ1n) is 8.44. The summed E-state index contributed by atoms with van der Waals surface area (Å²) >= 11 is 6.22. The number of benzene rings is 1. The smallest absolute Gasteiger partial charge is 0.0415 e. The molecule has 1 fully saturated rings. The van der Waals surface area contributed by atoms with E-state index in [0.29, 0.717) is 6.04 Å². The van der Waals surface area contributed by atoms with Crippen LogP contribution in [0.1, 0.15) is 58.4 Å². The van der Waals surface area contributed by atoms with Crippen LogP contribution in [0.15, 0.2) is 18.2 Å². The molecule has 0 amide bonds. The molecule has 3 heteroatoms. The van der Waals surface area contributed by atoms with Gasteiger partial charge < -0.3 is 10.2 Å². The Balaban J connectivity index is 2.19. The van der Waals surface area contributed by atoms with E-state index in [1.165, 1.54) is 43.4 Å². The minimum atomic E-state index is 0.567. The predicted molar refractivity (Wildman–Crippen MR) is 93.3 cm³/mol. The highest BCUT2D eigenvalue weighted by molar-refractivity contribution is 6.30. The minimum absolute atomic E-state index is 0.567. The van der Waals surface area contributed by atoms with Crippen LogP contribution in [0.5, 0.6) is 0 Å². The third kappa shape index (κ3) is 4.89. The van der Waals surface area contributed by atoms with Gasteiger partial charge in [0.2, 0.25) is 0 Å². The van der Waals surface area contributed by atoms with E-state index >= 15 is 0 Å². The Bertz CT molecular complexity index is 443. The Morgan fingerprint density at radius 2 is 2.10 bits per heavy atom. The Morgan fingerprint density at radius 3 is 2.71 bits per heavy atom. The topological polar surface area (TPSA) is 15.3 Å². The lowest BCUT2D eigenvalue weighted by Crippen LogP contribution is -2.34. The highest BCUT2D eigenvalue weighted by Crippen LogP contribution is 2.28. The fourth-order valence-electron chi connectivity index (χ4n) is 2.64. The molecule has 118 valence electrons. The molecule has 0 heterocycles. The molecular formula is C18H29ClN2. The Kier molecular flexibility index (Phi) is 6.38. The fourth-order valence-corrected chi connectivity index (χ4v) is 2.84. The van der Waals surface area contributed by atoms with Gasteiger partial charge in [-0.3, -0.25) is 0 Å². The summed E-state index contributed by atoms with van der Waals surface area (Å²) in [5, 5.41) is 4.46. The van der Waals surface area contributed by atoms with Crippen molar-refractivity contribution < 1.29 is 0 Å². The van der Waals surface area contributed by atoms with Crippen molar-refractivity contribution >= 4 is 17.3 Å². The number of hydrogen-bond donors (Lipinski definition) is 1. The van der Waals surface area contributed by atoms with Gasteiger partial charge in [0, 0.05) is 35.9 Å². The molecule has 1 N–H and O–H groups in total. The average molecular weight is 309 g/mol. The summed E-state index contributed by atoms with van der Waals surface area (Å²) in [5.74, 6) is 0. The zero-order valence-electron chi connectivity index (χ0n) is 13.7. The van der Waals surface area contributed by atoms with Gasteiger partial charge in [0.1, 0.15) is 0 Å². The molecule has 1 aromatic rings. The highest BCUT2D eigenvalue weighted by atomic mass is 35.5. The second-order valence-electron chi connectivity index (χ2n) is 6.23. The summed E-state index contributed by atoms with van der Waals surface area (Å²) in [6.45, 7) is 8.90. The lowest BCUT2D eigenvalue weighted by molar-refractivity contribution is 0.590. The normalized spacial score (nSPS) is 16.0. The molecule has 0 bridgehead atoms. The standard InChI is InChI=1S/C18H29ClN2/c1-4-6-11-21(14(3)5-2)18-10-7-16(19)12-15(18)13-20-17-8-9-17/h7,10,12,14,17,20H,4-6,8-9,11,13H2,1-3H3. The van der Waals surface area contributed by atoms with Crippen LogP contribution in [-0.4, -0.2) is 18.6 Å². The Hall–Kier alpha value is -0.730. The molecule has 0 spiro atoms. The molecular weight excluding hydrogens is 280 g/mol. The van der Waals surface area contributed by atoms with Crippen molar-refractivity contribution in [3.8, 4) is 0 Å². The molecule has 1 aliphatic carbocycles. The molecule has 2 rings (SSSR count). The maximum Gasteiger partial charge on any atom is 0.0415 e. The van der Waals surface area contributed by atoms with Crippen LogP contribution in [0.2, 0.25) is 5.02 Å². The van der Waals surface area contributed by atoms with Crippen molar-refractivity contribution in [2.24, 2.45) is 0 Å². The predicted octanol–water partition coefficient (Wildman–Crippen LogP) is 5.00. The number of halogens is 1. The van der Waals surface area contributed by atoms with Gasteiger partial charge in [-0.1, -0.05) is 31.9 Å². The van der Waals surface area contributed by atoms with E-state index < -0.39 is 0 Å². The number of anilines is 1. The first-order valence-corrected chi connectivity index (χ1v) is 8.82. The van der Waals surface area contributed by atoms with Crippen molar-refractivity contribution in [1.29, 1.82) is 0 Å². The van der Waals surface area contributed by atoms with Gasteiger partial charge >= 0.3 is 0 Å². The summed E-state index contributed by atoms with van der Waals surface area (Å²) in [7, 11) is 0. The number of nitrogens with zero attached hydrogens (tertiary/aromatic N) is 1. The van der Waals surface area contributed by atoms with Crippen molar-refractivity contribution in [3.05, 3.63) is 28.8 Å². The maximum atomic E-state index is 6.22. The average Bonchev–Trinajstić information content (AvgIpc) is 3.30. The van der Waals surface area contributed by atoms with E-state index in [4.69, 9.17) is 11.6 Å². The van der Waals surface area contributed by atoms with Gasteiger partial charge in [-0.25, -0.2) is 0 Å². The summed E-state index contributed by atoms with van der Waals surface area (Å²) < 4.78 is 0. The molecule has 2 nitrogen and oxygen atoms in total. The molecule has 1 saturated carbocycles. The van der Waals surface area contributed by atoms with Gasteiger partial charge in [-0.15, -0.1) is 0 Å². The second kappa shape index (κ2) is 8.05. The van der Waals surface area contributed by atoms with Crippen molar-refractivity contribution in [2.75, 3.05) is 11.4 Å². The SMILES string of the molecule is CCCCN(c1ccc(Cl)cc1CNC1CC1)C(C)CC. The van der Waals surface area contributed by atoms with E-state index in [-0.39, 0.29) is 0 Å². The van der Waals surface area contributed by atoms with Gasteiger partial charge in [0.05, 0.1) is 0 Å². The number of unbranched alkanes of at least 4 members (excludes halogenated alkanes) is 1. The van der Waals surface area contributed by atoms with E-state index in [1.807, 2.05) is 6.07 Å². The van der Waals surface area contributed by atoms with Crippen LogP contribution in [0.25, 0.3) is 0 Å². The Labute approximate surface area is 134 Å².